The van der Waals surface area contributed by atoms with Gasteiger partial charge in [0.15, 0.2) is 11.6 Å². The van der Waals surface area contributed by atoms with Gasteiger partial charge < -0.3 is 10.1 Å². The van der Waals surface area contributed by atoms with E-state index >= 15 is 0 Å². The number of fused-ring (bicyclic) bond motifs is 1. The predicted molar refractivity (Wildman–Crippen MR) is 141 cm³/mol. The van der Waals surface area contributed by atoms with E-state index in [4.69, 9.17) is 4.74 Å². The third kappa shape index (κ3) is 4.83. The van der Waals surface area contributed by atoms with Gasteiger partial charge in [-0.1, -0.05) is 6.92 Å². The zero-order valence-corrected chi connectivity index (χ0v) is 22.1. The van der Waals surface area contributed by atoms with E-state index in [1.54, 1.807) is 42.9 Å². The summed E-state index contributed by atoms with van der Waals surface area (Å²) in [7, 11) is -2.35. The van der Waals surface area contributed by atoms with Gasteiger partial charge in [0.05, 0.1) is 22.9 Å². The molecule has 2 fully saturated rings. The van der Waals surface area contributed by atoms with Gasteiger partial charge in [-0.15, -0.1) is 0 Å². The van der Waals surface area contributed by atoms with Crippen molar-refractivity contribution in [1.29, 1.82) is 0 Å². The molecule has 0 unspecified atom stereocenters. The highest BCUT2D eigenvalue weighted by Crippen LogP contribution is 2.53. The average molecular weight is 530 g/mol. The third-order valence-electron chi connectivity index (χ3n) is 7.82. The molecule has 0 atom stereocenters. The first-order chi connectivity index (χ1) is 17.6. The molecule has 0 radical (unpaired) electrons. The molecule has 2 aliphatic rings. The summed E-state index contributed by atoms with van der Waals surface area (Å²) in [4.78, 5) is 17.9. The number of benzene rings is 2. The normalized spacial score (nSPS) is 17.8. The molecular formula is C26H32FN5O4S. The maximum Gasteiger partial charge on any atom is 0.301 e. The first-order valence-corrected chi connectivity index (χ1v) is 14.0. The number of ether oxygens (including phenoxy) is 1. The van der Waals surface area contributed by atoms with E-state index in [1.807, 2.05) is 0 Å². The van der Waals surface area contributed by atoms with Crippen LogP contribution in [-0.2, 0) is 10.2 Å². The minimum absolute atomic E-state index is 0.116. The highest BCUT2D eigenvalue weighted by atomic mass is 32.2. The van der Waals surface area contributed by atoms with Crippen LogP contribution in [0, 0.1) is 18.2 Å². The molecule has 0 amide bonds. The van der Waals surface area contributed by atoms with E-state index in [9.17, 15) is 17.6 Å². The summed E-state index contributed by atoms with van der Waals surface area (Å²) in [6.45, 7) is 5.61. The lowest BCUT2D eigenvalue weighted by atomic mass is 9.60. The summed E-state index contributed by atoms with van der Waals surface area (Å²) in [5.74, 6) is -0.496. The van der Waals surface area contributed by atoms with Crippen molar-refractivity contribution in [1.82, 2.24) is 19.2 Å². The fraction of sp³-hybridized carbons (Fsp3) is 0.462. The average Bonchev–Trinajstić information content (AvgIpc) is 2.87. The molecular weight excluding hydrogens is 497 g/mol. The van der Waals surface area contributed by atoms with Gasteiger partial charge in [-0.05, 0) is 81.4 Å². The van der Waals surface area contributed by atoms with E-state index in [0.717, 1.165) is 49.1 Å². The van der Waals surface area contributed by atoms with Crippen LogP contribution in [0.1, 0.15) is 44.2 Å². The molecule has 2 N–H and O–H groups in total. The molecule has 37 heavy (non-hydrogen) atoms. The van der Waals surface area contributed by atoms with Crippen molar-refractivity contribution >= 4 is 26.8 Å². The first-order valence-electron chi connectivity index (χ1n) is 12.6. The van der Waals surface area contributed by atoms with Crippen molar-refractivity contribution in [3.8, 4) is 11.5 Å². The lowest BCUT2D eigenvalue weighted by Crippen LogP contribution is -2.47. The van der Waals surface area contributed by atoms with Gasteiger partial charge in [-0.2, -0.15) is 12.7 Å². The molecule has 1 saturated carbocycles. The van der Waals surface area contributed by atoms with Crippen molar-refractivity contribution in [3.05, 3.63) is 58.4 Å². The molecule has 2 aromatic carbocycles. The number of anilines is 1. The van der Waals surface area contributed by atoms with Crippen molar-refractivity contribution in [2.24, 2.45) is 5.41 Å². The number of aromatic nitrogens is 2. The SMILES string of the molecule is CCN(C)S(=O)(=O)Nc1ccc(F)c(Oc2ccc3ncn(C4CC5(CCNCC5)C4)c(=O)c3c2)c1C. The van der Waals surface area contributed by atoms with Crippen LogP contribution in [0.3, 0.4) is 0 Å². The molecule has 3 aromatic rings. The van der Waals surface area contributed by atoms with Gasteiger partial charge in [-0.25, -0.2) is 9.37 Å². The van der Waals surface area contributed by atoms with Gasteiger partial charge in [0, 0.05) is 25.2 Å². The van der Waals surface area contributed by atoms with Gasteiger partial charge in [0.1, 0.15) is 5.75 Å². The van der Waals surface area contributed by atoms with Crippen molar-refractivity contribution in [2.75, 3.05) is 31.4 Å². The molecule has 0 bridgehead atoms. The highest BCUT2D eigenvalue weighted by molar-refractivity contribution is 7.90. The minimum atomic E-state index is -3.79. The Morgan fingerprint density at radius 3 is 2.68 bits per heavy atom. The van der Waals surface area contributed by atoms with Crippen LogP contribution in [0.4, 0.5) is 10.1 Å². The second-order valence-electron chi connectivity index (χ2n) is 10.1. The van der Waals surface area contributed by atoms with E-state index in [-0.39, 0.29) is 35.3 Å². The summed E-state index contributed by atoms with van der Waals surface area (Å²) in [5, 5.41) is 3.79. The first kappa shape index (κ1) is 25.6. The molecule has 198 valence electrons. The van der Waals surface area contributed by atoms with Crippen molar-refractivity contribution in [3.63, 3.8) is 0 Å². The number of nitrogens with one attached hydrogen (secondary N) is 2. The molecule has 5 rings (SSSR count). The molecule has 1 aliphatic carbocycles. The quantitative estimate of drug-likeness (QED) is 0.480. The molecule has 9 nitrogen and oxygen atoms in total. The Balaban J connectivity index is 1.42. The van der Waals surface area contributed by atoms with Crippen LogP contribution < -0.4 is 20.3 Å². The number of piperidine rings is 1. The van der Waals surface area contributed by atoms with E-state index in [2.05, 4.69) is 15.0 Å². The van der Waals surface area contributed by atoms with Crippen LogP contribution >= 0.6 is 0 Å². The molecule has 1 spiro atoms. The van der Waals surface area contributed by atoms with E-state index in [1.165, 1.54) is 13.1 Å². The maximum absolute atomic E-state index is 14.8. The largest absolute Gasteiger partial charge is 0.454 e. The standard InChI is InChI=1S/C26H32FN5O4S/c1-4-31(3)37(34,35)30-22-8-6-21(27)24(17(22)2)36-19-5-7-23-20(13-19)25(33)32(16-29-23)18-14-26(15-18)9-11-28-12-10-26/h5-8,13,16,18,28,30H,4,9-12,14-15H2,1-3H3. The fourth-order valence-electron chi connectivity index (χ4n) is 5.34. The smallest absolute Gasteiger partial charge is 0.301 e. The van der Waals surface area contributed by atoms with Crippen molar-refractivity contribution < 1.29 is 17.5 Å². The summed E-state index contributed by atoms with van der Waals surface area (Å²) < 4.78 is 50.9. The van der Waals surface area contributed by atoms with Crippen molar-refractivity contribution in [2.45, 2.75) is 45.6 Å². The van der Waals surface area contributed by atoms with Gasteiger partial charge in [-0.3, -0.25) is 14.1 Å². The van der Waals surface area contributed by atoms with Crippen LogP contribution in [-0.4, -0.2) is 49.0 Å². The Hall–Kier alpha value is -3.02. The Morgan fingerprint density at radius 2 is 1.97 bits per heavy atom. The summed E-state index contributed by atoms with van der Waals surface area (Å²) in [6, 6.07) is 7.48. The number of hydrogen-bond donors (Lipinski definition) is 2. The Morgan fingerprint density at radius 1 is 1.24 bits per heavy atom. The number of nitrogens with zero attached hydrogens (tertiary/aromatic N) is 3. The summed E-state index contributed by atoms with van der Waals surface area (Å²) >= 11 is 0. The topological polar surface area (TPSA) is 106 Å². The lowest BCUT2D eigenvalue weighted by molar-refractivity contribution is 0.0270. The minimum Gasteiger partial charge on any atom is -0.454 e. The second-order valence-corrected chi connectivity index (χ2v) is 11.9. The van der Waals surface area contributed by atoms with E-state index < -0.39 is 16.0 Å². The second kappa shape index (κ2) is 9.70. The Bertz CT molecular complexity index is 1490. The van der Waals surface area contributed by atoms with Crippen LogP contribution in [0.5, 0.6) is 11.5 Å². The zero-order valence-electron chi connectivity index (χ0n) is 21.3. The summed E-state index contributed by atoms with van der Waals surface area (Å²) in [6.07, 6.45) is 5.82. The molecule has 2 heterocycles. The number of halogens is 1. The van der Waals surface area contributed by atoms with Gasteiger partial charge in [0.25, 0.3) is 5.56 Å². The number of rotatable bonds is 7. The molecule has 1 saturated heterocycles. The zero-order chi connectivity index (χ0) is 26.4. The Labute approximate surface area is 215 Å². The molecule has 1 aliphatic heterocycles. The fourth-order valence-corrected chi connectivity index (χ4v) is 6.33. The van der Waals surface area contributed by atoms with Gasteiger partial charge in [0.2, 0.25) is 0 Å². The van der Waals surface area contributed by atoms with Gasteiger partial charge >= 0.3 is 10.2 Å². The Kier molecular flexibility index (Phi) is 6.71. The van der Waals surface area contributed by atoms with Crippen LogP contribution in [0.2, 0.25) is 0 Å². The summed E-state index contributed by atoms with van der Waals surface area (Å²) in [5.41, 5.74) is 1.20. The van der Waals surface area contributed by atoms with E-state index in [0.29, 0.717) is 21.9 Å². The molecule has 11 heteroatoms. The lowest BCUT2D eigenvalue weighted by Gasteiger charge is -2.50. The molecule has 1 aromatic heterocycles. The van der Waals surface area contributed by atoms with Crippen LogP contribution in [0.15, 0.2) is 41.5 Å². The monoisotopic (exact) mass is 529 g/mol. The number of hydrogen-bond acceptors (Lipinski definition) is 6. The third-order valence-corrected chi connectivity index (χ3v) is 9.38. The van der Waals surface area contributed by atoms with Crippen LogP contribution in [0.25, 0.3) is 10.9 Å². The predicted octanol–water partition coefficient (Wildman–Crippen LogP) is 3.95. The highest BCUT2D eigenvalue weighted by Gasteiger charge is 2.45. The maximum atomic E-state index is 14.8.